The molecule has 0 aromatic rings. The number of hydrogen-bond acceptors (Lipinski definition) is 0. The molecule has 0 saturated heterocycles. The Morgan fingerprint density at radius 1 is 0.474 bits per heavy atom. The summed E-state index contributed by atoms with van der Waals surface area (Å²) < 4.78 is 0. The third kappa shape index (κ3) is 14.2. The molecule has 0 aliphatic rings. The lowest BCUT2D eigenvalue weighted by Crippen LogP contribution is -1.95. The van der Waals surface area contributed by atoms with Gasteiger partial charge in [0.25, 0.3) is 0 Å². The van der Waals surface area contributed by atoms with Gasteiger partial charge in [-0.3, -0.25) is 0 Å². The minimum absolute atomic E-state index is 0.962. The summed E-state index contributed by atoms with van der Waals surface area (Å²) in [5.74, 6) is 1.93. The highest BCUT2D eigenvalue weighted by atomic mass is 14.1. The van der Waals surface area contributed by atoms with Crippen molar-refractivity contribution in [1.29, 1.82) is 0 Å². The summed E-state index contributed by atoms with van der Waals surface area (Å²) in [6.07, 6.45) is 18.8. The van der Waals surface area contributed by atoms with E-state index in [0.29, 0.717) is 0 Å². The van der Waals surface area contributed by atoms with Crippen LogP contribution in [0.3, 0.4) is 0 Å². The van der Waals surface area contributed by atoms with E-state index in [1.807, 2.05) is 0 Å². The zero-order valence-corrected chi connectivity index (χ0v) is 14.3. The molecule has 0 rings (SSSR count). The molecular weight excluding hydrogens is 228 g/mol. The first-order valence-electron chi connectivity index (χ1n) is 9.20. The van der Waals surface area contributed by atoms with E-state index in [9.17, 15) is 0 Å². The second-order valence-electron chi connectivity index (χ2n) is 6.84. The van der Waals surface area contributed by atoms with Gasteiger partial charge in [-0.25, -0.2) is 0 Å². The standard InChI is InChI=1S/C19H40/c1-5-7-15-19(4)17-13-11-9-8-10-12-16-18(3)14-6-2/h18-19H,5-17H2,1-4H3. The molecule has 2 atom stereocenters. The molecule has 0 radical (unpaired) electrons. The van der Waals surface area contributed by atoms with Crippen LogP contribution < -0.4 is 0 Å². The largest absolute Gasteiger partial charge is 0.0654 e. The van der Waals surface area contributed by atoms with Crippen LogP contribution in [0.1, 0.15) is 111 Å². The van der Waals surface area contributed by atoms with E-state index in [-0.39, 0.29) is 0 Å². The van der Waals surface area contributed by atoms with Crippen LogP contribution in [0.2, 0.25) is 0 Å². The Kier molecular flexibility index (Phi) is 14.4. The van der Waals surface area contributed by atoms with Gasteiger partial charge in [-0.2, -0.15) is 0 Å². The van der Waals surface area contributed by atoms with Crippen LogP contribution in [0.25, 0.3) is 0 Å². The maximum absolute atomic E-state index is 2.44. The van der Waals surface area contributed by atoms with Gasteiger partial charge >= 0.3 is 0 Å². The highest BCUT2D eigenvalue weighted by Crippen LogP contribution is 2.18. The Morgan fingerprint density at radius 3 is 1.37 bits per heavy atom. The smallest absolute Gasteiger partial charge is 0.0443 e. The summed E-state index contributed by atoms with van der Waals surface area (Å²) in [6, 6.07) is 0. The SMILES string of the molecule is CCCCC(C)CCCCCCCCC(C)CCC. The van der Waals surface area contributed by atoms with Crippen LogP contribution in [0.5, 0.6) is 0 Å². The quantitative estimate of drug-likeness (QED) is 0.288. The molecule has 2 unspecified atom stereocenters. The van der Waals surface area contributed by atoms with Crippen molar-refractivity contribution in [3.8, 4) is 0 Å². The molecular formula is C19H40. The Hall–Kier alpha value is 0. The molecule has 0 heterocycles. The highest BCUT2D eigenvalue weighted by Gasteiger charge is 2.02. The molecule has 0 aliphatic heterocycles. The van der Waals surface area contributed by atoms with Crippen molar-refractivity contribution in [3.63, 3.8) is 0 Å². The maximum atomic E-state index is 2.44. The molecule has 0 aromatic heterocycles. The Balaban J connectivity index is 3.14. The summed E-state index contributed by atoms with van der Waals surface area (Å²) in [7, 11) is 0. The van der Waals surface area contributed by atoms with E-state index in [4.69, 9.17) is 0 Å². The van der Waals surface area contributed by atoms with Gasteiger partial charge in [0.15, 0.2) is 0 Å². The summed E-state index contributed by atoms with van der Waals surface area (Å²) >= 11 is 0. The average Bonchev–Trinajstić information content (AvgIpc) is 2.39. The molecule has 0 heteroatoms. The lowest BCUT2D eigenvalue weighted by Gasteiger charge is -2.11. The summed E-state index contributed by atoms with van der Waals surface area (Å²) in [4.78, 5) is 0. The Bertz CT molecular complexity index is 161. The fourth-order valence-corrected chi connectivity index (χ4v) is 3.03. The highest BCUT2D eigenvalue weighted by molar-refractivity contribution is 4.56. The summed E-state index contributed by atoms with van der Waals surface area (Å²) in [5, 5.41) is 0. The lowest BCUT2D eigenvalue weighted by atomic mass is 9.96. The van der Waals surface area contributed by atoms with Crippen LogP contribution in [0.4, 0.5) is 0 Å². The Labute approximate surface area is 123 Å². The van der Waals surface area contributed by atoms with Crippen LogP contribution >= 0.6 is 0 Å². The number of rotatable bonds is 14. The van der Waals surface area contributed by atoms with Gasteiger partial charge in [0.05, 0.1) is 0 Å². The minimum atomic E-state index is 0.962. The van der Waals surface area contributed by atoms with Gasteiger partial charge in [-0.15, -0.1) is 0 Å². The van der Waals surface area contributed by atoms with E-state index in [1.54, 1.807) is 0 Å². The zero-order chi connectivity index (χ0) is 14.3. The van der Waals surface area contributed by atoms with Crippen molar-refractivity contribution in [3.05, 3.63) is 0 Å². The molecule has 0 saturated carbocycles. The third-order valence-electron chi connectivity index (χ3n) is 4.48. The molecule has 0 nitrogen and oxygen atoms in total. The Morgan fingerprint density at radius 2 is 0.895 bits per heavy atom. The molecule has 116 valence electrons. The van der Waals surface area contributed by atoms with Crippen LogP contribution in [0, 0.1) is 11.8 Å². The second kappa shape index (κ2) is 14.4. The maximum Gasteiger partial charge on any atom is -0.0443 e. The van der Waals surface area contributed by atoms with E-state index in [0.717, 1.165) is 11.8 Å². The first-order chi connectivity index (χ1) is 9.20. The van der Waals surface area contributed by atoms with Crippen molar-refractivity contribution >= 4 is 0 Å². The van der Waals surface area contributed by atoms with E-state index in [1.165, 1.54) is 83.5 Å². The molecule has 0 bridgehead atoms. The fourth-order valence-electron chi connectivity index (χ4n) is 3.03. The monoisotopic (exact) mass is 268 g/mol. The zero-order valence-electron chi connectivity index (χ0n) is 14.3. The predicted octanol–water partition coefficient (Wildman–Crippen LogP) is 7.37. The third-order valence-corrected chi connectivity index (χ3v) is 4.48. The second-order valence-corrected chi connectivity index (χ2v) is 6.84. The van der Waals surface area contributed by atoms with Crippen LogP contribution in [-0.4, -0.2) is 0 Å². The number of unbranched alkanes of at least 4 members (excludes halogenated alkanes) is 6. The molecule has 0 spiro atoms. The van der Waals surface area contributed by atoms with Gasteiger partial charge < -0.3 is 0 Å². The summed E-state index contributed by atoms with van der Waals surface area (Å²) in [6.45, 7) is 9.46. The van der Waals surface area contributed by atoms with Crippen molar-refractivity contribution in [2.24, 2.45) is 11.8 Å². The fraction of sp³-hybridized carbons (Fsp3) is 1.00. The summed E-state index contributed by atoms with van der Waals surface area (Å²) in [5.41, 5.74) is 0. The molecule has 0 fully saturated rings. The van der Waals surface area contributed by atoms with Gasteiger partial charge in [0, 0.05) is 0 Å². The van der Waals surface area contributed by atoms with Crippen molar-refractivity contribution in [2.45, 2.75) is 111 Å². The van der Waals surface area contributed by atoms with Gasteiger partial charge in [-0.1, -0.05) is 111 Å². The van der Waals surface area contributed by atoms with Gasteiger partial charge in [-0.05, 0) is 11.8 Å². The number of hydrogen-bond donors (Lipinski definition) is 0. The van der Waals surface area contributed by atoms with E-state index >= 15 is 0 Å². The molecule has 19 heavy (non-hydrogen) atoms. The topological polar surface area (TPSA) is 0 Å². The first kappa shape index (κ1) is 19.0. The predicted molar refractivity (Wildman–Crippen MR) is 89.7 cm³/mol. The van der Waals surface area contributed by atoms with Crippen molar-refractivity contribution in [2.75, 3.05) is 0 Å². The first-order valence-corrected chi connectivity index (χ1v) is 9.20. The molecule has 0 amide bonds. The van der Waals surface area contributed by atoms with E-state index in [2.05, 4.69) is 27.7 Å². The van der Waals surface area contributed by atoms with Crippen molar-refractivity contribution in [1.82, 2.24) is 0 Å². The van der Waals surface area contributed by atoms with Crippen LogP contribution in [0.15, 0.2) is 0 Å². The molecule has 0 aromatic carbocycles. The lowest BCUT2D eigenvalue weighted by molar-refractivity contribution is 0.431. The molecule has 0 N–H and O–H groups in total. The average molecular weight is 269 g/mol. The van der Waals surface area contributed by atoms with Crippen molar-refractivity contribution < 1.29 is 0 Å². The van der Waals surface area contributed by atoms with Gasteiger partial charge in [0.1, 0.15) is 0 Å². The van der Waals surface area contributed by atoms with Gasteiger partial charge in [0.2, 0.25) is 0 Å². The van der Waals surface area contributed by atoms with E-state index < -0.39 is 0 Å². The van der Waals surface area contributed by atoms with Crippen LogP contribution in [-0.2, 0) is 0 Å². The molecule has 0 aliphatic carbocycles. The normalized spacial score (nSPS) is 14.5. The minimum Gasteiger partial charge on any atom is -0.0654 e.